The van der Waals surface area contributed by atoms with Crippen LogP contribution in [0.1, 0.15) is 12.8 Å². The van der Waals surface area contributed by atoms with Crippen LogP contribution in [0.4, 0.5) is 0 Å². The molecule has 0 saturated carbocycles. The van der Waals surface area contributed by atoms with Crippen LogP contribution in [-0.4, -0.2) is 34.0 Å². The molecule has 0 amide bonds. The van der Waals surface area contributed by atoms with Crippen LogP contribution in [0, 0.1) is 0 Å². The number of nitrogens with zero attached hydrogens (tertiary/aromatic N) is 1. The fraction of sp³-hybridized carbons (Fsp3) is 1.00. The van der Waals surface area contributed by atoms with Gasteiger partial charge in [-0.15, -0.1) is 11.6 Å². The SMILES string of the molecule is O=S(NCCCl)N1CCCC1. The van der Waals surface area contributed by atoms with Crippen LogP contribution in [0.2, 0.25) is 0 Å². The van der Waals surface area contributed by atoms with Gasteiger partial charge in [-0.25, -0.2) is 13.2 Å². The Balaban J connectivity index is 2.17. The van der Waals surface area contributed by atoms with Gasteiger partial charge in [-0.05, 0) is 12.8 Å². The summed E-state index contributed by atoms with van der Waals surface area (Å²) in [7, 11) is 0. The maximum atomic E-state index is 11.3. The van der Waals surface area contributed by atoms with Gasteiger partial charge in [0.25, 0.3) is 0 Å². The largest absolute Gasteiger partial charge is 0.225 e. The molecular weight excluding hydrogens is 184 g/mol. The van der Waals surface area contributed by atoms with Crippen molar-refractivity contribution in [1.29, 1.82) is 0 Å². The Kier molecular flexibility index (Phi) is 4.37. The third-order valence-electron chi connectivity index (χ3n) is 1.62. The standard InChI is InChI=1S/C6H13ClN2OS/c7-3-4-8-11(10)9-5-1-2-6-9/h8H,1-6H2. The fourth-order valence-corrected chi connectivity index (χ4v) is 2.33. The second-order valence-electron chi connectivity index (χ2n) is 2.47. The van der Waals surface area contributed by atoms with Crippen LogP contribution < -0.4 is 4.72 Å². The molecule has 1 heterocycles. The van der Waals surface area contributed by atoms with E-state index in [1.165, 1.54) is 0 Å². The van der Waals surface area contributed by atoms with Crippen molar-refractivity contribution in [1.82, 2.24) is 9.03 Å². The number of alkyl halides is 1. The smallest absolute Gasteiger partial charge is 0.169 e. The first kappa shape index (κ1) is 9.45. The molecule has 1 N–H and O–H groups in total. The Bertz CT molecular complexity index is 139. The zero-order valence-electron chi connectivity index (χ0n) is 6.38. The van der Waals surface area contributed by atoms with Crippen LogP contribution in [0.25, 0.3) is 0 Å². The van der Waals surface area contributed by atoms with Crippen LogP contribution >= 0.6 is 11.6 Å². The van der Waals surface area contributed by atoms with Gasteiger partial charge in [0.05, 0.1) is 0 Å². The highest BCUT2D eigenvalue weighted by molar-refractivity contribution is 7.80. The molecule has 1 fully saturated rings. The van der Waals surface area contributed by atoms with Gasteiger partial charge in [0.1, 0.15) is 0 Å². The van der Waals surface area contributed by atoms with E-state index in [1.54, 1.807) is 0 Å². The summed E-state index contributed by atoms with van der Waals surface area (Å²) in [5.74, 6) is 0.513. The molecule has 0 aromatic rings. The van der Waals surface area contributed by atoms with E-state index in [4.69, 9.17) is 11.6 Å². The first-order chi connectivity index (χ1) is 5.34. The van der Waals surface area contributed by atoms with Crippen molar-refractivity contribution in [3.05, 3.63) is 0 Å². The maximum absolute atomic E-state index is 11.3. The minimum atomic E-state index is -0.996. The van der Waals surface area contributed by atoms with Crippen molar-refractivity contribution in [2.45, 2.75) is 12.8 Å². The number of halogens is 1. The zero-order valence-corrected chi connectivity index (χ0v) is 7.96. The molecule has 3 nitrogen and oxygen atoms in total. The average Bonchev–Trinajstić information content (AvgIpc) is 2.52. The Labute approximate surface area is 74.8 Å². The van der Waals surface area contributed by atoms with E-state index in [2.05, 4.69) is 4.72 Å². The summed E-state index contributed by atoms with van der Waals surface area (Å²) in [6.45, 7) is 2.51. The Morgan fingerprint density at radius 3 is 2.64 bits per heavy atom. The molecule has 0 radical (unpaired) electrons. The molecule has 1 aliphatic rings. The van der Waals surface area contributed by atoms with Crippen LogP contribution in [-0.2, 0) is 11.2 Å². The maximum Gasteiger partial charge on any atom is 0.169 e. The van der Waals surface area contributed by atoms with E-state index >= 15 is 0 Å². The van der Waals surface area contributed by atoms with Gasteiger partial charge in [-0.1, -0.05) is 0 Å². The van der Waals surface area contributed by atoms with Gasteiger partial charge < -0.3 is 0 Å². The number of nitrogens with one attached hydrogen (secondary N) is 1. The van der Waals surface area contributed by atoms with E-state index in [1.807, 2.05) is 4.31 Å². The quantitative estimate of drug-likeness (QED) is 0.653. The highest BCUT2D eigenvalue weighted by Gasteiger charge is 2.16. The Morgan fingerprint density at radius 1 is 1.45 bits per heavy atom. The molecule has 0 aliphatic carbocycles. The first-order valence-corrected chi connectivity index (χ1v) is 5.45. The molecule has 66 valence electrons. The van der Waals surface area contributed by atoms with Crippen molar-refractivity contribution >= 4 is 22.8 Å². The molecule has 1 saturated heterocycles. The van der Waals surface area contributed by atoms with Crippen molar-refractivity contribution in [2.24, 2.45) is 0 Å². The zero-order chi connectivity index (χ0) is 8.10. The van der Waals surface area contributed by atoms with Crippen molar-refractivity contribution in [2.75, 3.05) is 25.5 Å². The lowest BCUT2D eigenvalue weighted by atomic mass is 10.4. The van der Waals surface area contributed by atoms with Gasteiger partial charge in [0.15, 0.2) is 11.2 Å². The second kappa shape index (κ2) is 5.09. The molecule has 0 bridgehead atoms. The number of hydrogen-bond donors (Lipinski definition) is 1. The second-order valence-corrected chi connectivity index (χ2v) is 4.15. The molecule has 0 aromatic carbocycles. The molecule has 1 aliphatic heterocycles. The molecule has 0 spiro atoms. The van der Waals surface area contributed by atoms with Crippen LogP contribution in [0.5, 0.6) is 0 Å². The van der Waals surface area contributed by atoms with Crippen molar-refractivity contribution < 1.29 is 4.21 Å². The third-order valence-corrected chi connectivity index (χ3v) is 3.09. The molecule has 5 heteroatoms. The average molecular weight is 197 g/mol. The predicted molar refractivity (Wildman–Crippen MR) is 47.7 cm³/mol. The summed E-state index contributed by atoms with van der Waals surface area (Å²) in [6.07, 6.45) is 2.32. The molecule has 1 atom stereocenters. The van der Waals surface area contributed by atoms with E-state index in [0.717, 1.165) is 25.9 Å². The van der Waals surface area contributed by atoms with Gasteiger partial charge in [-0.2, -0.15) is 0 Å². The van der Waals surface area contributed by atoms with Crippen LogP contribution in [0.15, 0.2) is 0 Å². The highest BCUT2D eigenvalue weighted by Crippen LogP contribution is 2.07. The molecule has 11 heavy (non-hydrogen) atoms. The van der Waals surface area contributed by atoms with Crippen molar-refractivity contribution in [3.63, 3.8) is 0 Å². The molecule has 1 rings (SSSR count). The normalized spacial score (nSPS) is 22.3. The Hall–Kier alpha value is 0.360. The number of rotatable bonds is 4. The summed E-state index contributed by atoms with van der Waals surface area (Å²) in [5, 5.41) is 0. The summed E-state index contributed by atoms with van der Waals surface area (Å²) in [4.78, 5) is 0. The minimum absolute atomic E-state index is 0.513. The van der Waals surface area contributed by atoms with Gasteiger partial charge in [0, 0.05) is 25.5 Å². The summed E-state index contributed by atoms with van der Waals surface area (Å²) in [6, 6.07) is 0. The molecular formula is C6H13ClN2OS. The molecule has 0 aromatic heterocycles. The topological polar surface area (TPSA) is 32.3 Å². The van der Waals surface area contributed by atoms with Gasteiger partial charge in [-0.3, -0.25) is 0 Å². The fourth-order valence-electron chi connectivity index (χ4n) is 1.07. The lowest BCUT2D eigenvalue weighted by Gasteiger charge is -2.12. The number of hydrogen-bond acceptors (Lipinski definition) is 1. The molecule has 1 unspecified atom stereocenters. The van der Waals surface area contributed by atoms with Crippen LogP contribution in [0.3, 0.4) is 0 Å². The summed E-state index contributed by atoms with van der Waals surface area (Å²) < 4.78 is 16.0. The lowest BCUT2D eigenvalue weighted by molar-refractivity contribution is 0.527. The van der Waals surface area contributed by atoms with E-state index < -0.39 is 11.2 Å². The lowest BCUT2D eigenvalue weighted by Crippen LogP contribution is -2.33. The Morgan fingerprint density at radius 2 is 2.09 bits per heavy atom. The van der Waals surface area contributed by atoms with Gasteiger partial charge >= 0.3 is 0 Å². The summed E-state index contributed by atoms with van der Waals surface area (Å²) >= 11 is 4.44. The minimum Gasteiger partial charge on any atom is -0.225 e. The van der Waals surface area contributed by atoms with Crippen molar-refractivity contribution in [3.8, 4) is 0 Å². The third kappa shape index (κ3) is 3.07. The predicted octanol–water partition coefficient (Wildman–Crippen LogP) is 0.489. The van der Waals surface area contributed by atoms with Gasteiger partial charge in [0.2, 0.25) is 0 Å². The van der Waals surface area contributed by atoms with E-state index in [-0.39, 0.29) is 0 Å². The summed E-state index contributed by atoms with van der Waals surface area (Å²) in [5.41, 5.74) is 0. The monoisotopic (exact) mass is 196 g/mol. The van der Waals surface area contributed by atoms with E-state index in [9.17, 15) is 4.21 Å². The highest BCUT2D eigenvalue weighted by atomic mass is 35.5. The van der Waals surface area contributed by atoms with E-state index in [0.29, 0.717) is 12.4 Å². The first-order valence-electron chi connectivity index (χ1n) is 3.81.